The number of benzene rings is 2. The van der Waals surface area contributed by atoms with Gasteiger partial charge in [0.05, 0.1) is 21.8 Å². The van der Waals surface area contributed by atoms with E-state index in [9.17, 15) is 9.59 Å². The zero-order valence-corrected chi connectivity index (χ0v) is 26.7. The van der Waals surface area contributed by atoms with Gasteiger partial charge in [-0.3, -0.25) is 4.79 Å². The zero-order valence-electron chi connectivity index (χ0n) is 25.9. The first-order valence-electron chi connectivity index (χ1n) is 14.9. The summed E-state index contributed by atoms with van der Waals surface area (Å²) in [7, 11) is 4.05. The molecule has 0 aliphatic carbocycles. The zero-order chi connectivity index (χ0) is 31.7. The van der Waals surface area contributed by atoms with Crippen molar-refractivity contribution in [1.29, 1.82) is 0 Å². The highest BCUT2D eigenvalue weighted by Gasteiger charge is 2.30. The lowest BCUT2D eigenvalue weighted by atomic mass is 9.99. The summed E-state index contributed by atoms with van der Waals surface area (Å²) in [4.78, 5) is 41.9. The van der Waals surface area contributed by atoms with Crippen LogP contribution in [0, 0.1) is 12.7 Å². The van der Waals surface area contributed by atoms with Gasteiger partial charge in [0.15, 0.2) is 5.65 Å². The summed E-state index contributed by atoms with van der Waals surface area (Å²) in [6.07, 6.45) is 2.93. The van der Waals surface area contributed by atoms with Gasteiger partial charge in [-0.25, -0.2) is 18.7 Å². The van der Waals surface area contributed by atoms with Crippen LogP contribution in [0.15, 0.2) is 59.9 Å². The van der Waals surface area contributed by atoms with E-state index in [-0.39, 0.29) is 28.2 Å². The van der Waals surface area contributed by atoms with Crippen LogP contribution in [0.1, 0.15) is 37.0 Å². The summed E-state index contributed by atoms with van der Waals surface area (Å²) >= 11 is 6.83. The Labute approximate surface area is 262 Å². The van der Waals surface area contributed by atoms with Gasteiger partial charge in [-0.1, -0.05) is 55.8 Å². The number of carbonyl (C=O) groups excluding carboxylic acids is 1. The van der Waals surface area contributed by atoms with E-state index in [1.54, 1.807) is 33.7 Å². The van der Waals surface area contributed by atoms with E-state index >= 15 is 4.39 Å². The standard InChI is InChI=1S/C34H38ClFN6O2/c1-7-11-24-17-23(20-39(5)6)16-21(3)31(24)42-33-26(18-27(35)30(37-33)25-12-9-10-13-28(25)36)32(38-34(42)44)41-15-14-40(19-22(41)4)29(43)8-2/h8-10,12-13,16-18,22H,2,7,11,14-15,19-20H2,1,3-6H3/t22-/m0/s1. The number of aromatic nitrogens is 3. The van der Waals surface area contributed by atoms with Gasteiger partial charge in [-0.15, -0.1) is 0 Å². The molecular formula is C34H38ClFN6O2. The molecule has 0 N–H and O–H groups in total. The summed E-state index contributed by atoms with van der Waals surface area (Å²) in [5.74, 6) is -0.162. The van der Waals surface area contributed by atoms with Crippen molar-refractivity contribution in [3.05, 3.63) is 93.1 Å². The van der Waals surface area contributed by atoms with Gasteiger partial charge in [-0.05, 0) is 75.3 Å². The Bertz CT molecular complexity index is 1800. The predicted octanol–water partition coefficient (Wildman–Crippen LogP) is 5.79. The number of piperazine rings is 1. The number of aryl methyl sites for hydroxylation is 2. The molecule has 1 saturated heterocycles. The number of carbonyl (C=O) groups is 1. The van der Waals surface area contributed by atoms with E-state index in [1.807, 2.05) is 32.8 Å². The third kappa shape index (κ3) is 5.99. The lowest BCUT2D eigenvalue weighted by molar-refractivity contribution is -0.126. The van der Waals surface area contributed by atoms with Gasteiger partial charge < -0.3 is 14.7 Å². The molecule has 1 atom stereocenters. The maximum absolute atomic E-state index is 15.1. The van der Waals surface area contributed by atoms with Crippen LogP contribution < -0.4 is 10.6 Å². The Morgan fingerprint density at radius 2 is 1.93 bits per heavy atom. The summed E-state index contributed by atoms with van der Waals surface area (Å²) in [6, 6.07) is 12.1. The third-order valence-corrected chi connectivity index (χ3v) is 8.29. The first-order chi connectivity index (χ1) is 21.0. The van der Waals surface area contributed by atoms with E-state index in [2.05, 4.69) is 35.5 Å². The monoisotopic (exact) mass is 616 g/mol. The number of hydrogen-bond donors (Lipinski definition) is 0. The van der Waals surface area contributed by atoms with Gasteiger partial charge in [-0.2, -0.15) is 4.98 Å². The number of pyridine rings is 1. The van der Waals surface area contributed by atoms with Crippen LogP contribution in [0.4, 0.5) is 10.2 Å². The van der Waals surface area contributed by atoms with E-state index in [0.29, 0.717) is 36.5 Å². The van der Waals surface area contributed by atoms with Crippen LogP contribution in [-0.2, 0) is 17.8 Å². The molecule has 0 bridgehead atoms. The van der Waals surface area contributed by atoms with E-state index in [4.69, 9.17) is 16.6 Å². The van der Waals surface area contributed by atoms with Gasteiger partial charge >= 0.3 is 5.69 Å². The molecule has 10 heteroatoms. The summed E-state index contributed by atoms with van der Waals surface area (Å²) < 4.78 is 16.6. The number of anilines is 1. The smallest absolute Gasteiger partial charge is 0.350 e. The van der Waals surface area contributed by atoms with Gasteiger partial charge in [0.1, 0.15) is 11.6 Å². The minimum Gasteiger partial charge on any atom is -0.350 e. The average Bonchev–Trinajstić information content (AvgIpc) is 2.97. The highest BCUT2D eigenvalue weighted by molar-refractivity contribution is 6.33. The van der Waals surface area contributed by atoms with Crippen molar-refractivity contribution in [3.63, 3.8) is 0 Å². The Hall–Kier alpha value is -4.08. The highest BCUT2D eigenvalue weighted by Crippen LogP contribution is 2.36. The fraction of sp³-hybridized carbons (Fsp3) is 0.353. The minimum absolute atomic E-state index is 0.138. The highest BCUT2D eigenvalue weighted by atomic mass is 35.5. The van der Waals surface area contributed by atoms with Crippen LogP contribution in [0.5, 0.6) is 0 Å². The van der Waals surface area contributed by atoms with E-state index in [0.717, 1.165) is 41.8 Å². The predicted molar refractivity (Wildman–Crippen MR) is 175 cm³/mol. The van der Waals surface area contributed by atoms with Crippen LogP contribution in [-0.4, -0.2) is 70.0 Å². The maximum atomic E-state index is 15.1. The number of halogens is 2. The molecule has 1 amide bonds. The van der Waals surface area contributed by atoms with Gasteiger partial charge in [0.25, 0.3) is 0 Å². The van der Waals surface area contributed by atoms with Crippen LogP contribution in [0.2, 0.25) is 5.02 Å². The van der Waals surface area contributed by atoms with Gasteiger partial charge in [0, 0.05) is 37.8 Å². The molecule has 1 aliphatic heterocycles. The first kappa shape index (κ1) is 31.3. The molecule has 0 unspecified atom stereocenters. The molecule has 2 aromatic heterocycles. The fourth-order valence-corrected chi connectivity index (χ4v) is 6.39. The van der Waals surface area contributed by atoms with E-state index < -0.39 is 11.5 Å². The molecule has 44 heavy (non-hydrogen) atoms. The minimum atomic E-state index is -0.487. The fourth-order valence-electron chi connectivity index (χ4n) is 6.14. The van der Waals surface area contributed by atoms with Crippen LogP contribution in [0.25, 0.3) is 28.0 Å². The summed E-state index contributed by atoms with van der Waals surface area (Å²) in [6.45, 7) is 11.8. The molecule has 0 radical (unpaired) electrons. The topological polar surface area (TPSA) is 74.6 Å². The number of rotatable bonds is 8. The molecule has 4 aromatic rings. The maximum Gasteiger partial charge on any atom is 0.355 e. The molecule has 0 spiro atoms. The molecule has 1 fully saturated rings. The van der Waals surface area contributed by atoms with Crippen molar-refractivity contribution < 1.29 is 9.18 Å². The number of nitrogens with zero attached hydrogens (tertiary/aromatic N) is 6. The summed E-state index contributed by atoms with van der Waals surface area (Å²) in [5, 5.41) is 0.820. The van der Waals surface area contributed by atoms with Crippen molar-refractivity contribution in [2.45, 2.75) is 46.2 Å². The molecule has 2 aromatic carbocycles. The Morgan fingerprint density at radius 3 is 2.59 bits per heavy atom. The molecule has 5 rings (SSSR count). The number of fused-ring (bicyclic) bond motifs is 1. The third-order valence-electron chi connectivity index (χ3n) is 8.00. The lowest BCUT2D eigenvalue weighted by Crippen LogP contribution is -2.54. The Balaban J connectivity index is 1.80. The molecule has 8 nitrogen and oxygen atoms in total. The van der Waals surface area contributed by atoms with Crippen molar-refractivity contribution in [1.82, 2.24) is 24.3 Å². The van der Waals surface area contributed by atoms with Crippen molar-refractivity contribution in [2.75, 3.05) is 38.6 Å². The number of hydrogen-bond acceptors (Lipinski definition) is 6. The van der Waals surface area contributed by atoms with Crippen molar-refractivity contribution in [3.8, 4) is 16.9 Å². The molecule has 230 valence electrons. The molecular weight excluding hydrogens is 579 g/mol. The largest absolute Gasteiger partial charge is 0.355 e. The molecule has 3 heterocycles. The first-order valence-corrected chi connectivity index (χ1v) is 15.3. The Morgan fingerprint density at radius 1 is 1.18 bits per heavy atom. The van der Waals surface area contributed by atoms with Gasteiger partial charge in [0.2, 0.25) is 5.91 Å². The second-order valence-electron chi connectivity index (χ2n) is 11.7. The lowest BCUT2D eigenvalue weighted by Gasteiger charge is -2.40. The van der Waals surface area contributed by atoms with E-state index in [1.165, 1.54) is 12.1 Å². The van der Waals surface area contributed by atoms with Crippen molar-refractivity contribution in [2.24, 2.45) is 0 Å². The van der Waals surface area contributed by atoms with Crippen LogP contribution >= 0.6 is 11.6 Å². The second-order valence-corrected chi connectivity index (χ2v) is 12.1. The second kappa shape index (κ2) is 12.9. The normalized spacial score (nSPS) is 15.3. The Kier molecular flexibility index (Phi) is 9.18. The summed E-state index contributed by atoms with van der Waals surface area (Å²) in [5.41, 5.74) is 4.15. The van der Waals surface area contributed by atoms with Crippen molar-refractivity contribution >= 4 is 34.4 Å². The molecule has 1 aliphatic rings. The SMILES string of the molecule is C=CC(=O)N1CCN(c2nc(=O)n(-c3c(C)cc(CN(C)C)cc3CCC)c3nc(-c4ccccc4F)c(Cl)cc23)[C@@H](C)C1. The van der Waals surface area contributed by atoms with Crippen LogP contribution in [0.3, 0.4) is 0 Å². The average molecular weight is 617 g/mol. The quantitative estimate of drug-likeness (QED) is 0.234. The number of amides is 1. The molecule has 0 saturated carbocycles.